The topological polar surface area (TPSA) is 227 Å². The molecule has 174 valence electrons. The number of azide groups is 1. The smallest absolute Gasteiger partial charge is 0.187 e. The van der Waals surface area contributed by atoms with E-state index >= 15 is 0 Å². The van der Waals surface area contributed by atoms with E-state index in [9.17, 15) is 35.7 Å². The molecule has 14 nitrogen and oxygen atoms in total. The quantitative estimate of drug-likeness (QED) is 0.113. The number of aliphatic hydroxyl groups excluding tert-OH is 7. The van der Waals surface area contributed by atoms with Gasteiger partial charge in [-0.1, -0.05) is 12.0 Å². The van der Waals surface area contributed by atoms with E-state index in [0.29, 0.717) is 0 Å². The Morgan fingerprint density at radius 1 is 0.867 bits per heavy atom. The van der Waals surface area contributed by atoms with Crippen molar-refractivity contribution in [2.75, 3.05) is 13.2 Å². The maximum atomic E-state index is 10.5. The van der Waals surface area contributed by atoms with Gasteiger partial charge in [0.05, 0.1) is 25.4 Å². The van der Waals surface area contributed by atoms with Gasteiger partial charge >= 0.3 is 0 Å². The Morgan fingerprint density at radius 3 is 2.00 bits per heavy atom. The molecule has 2 aliphatic heterocycles. The Labute approximate surface area is 171 Å². The highest BCUT2D eigenvalue weighted by atomic mass is 16.7. The third kappa shape index (κ3) is 5.37. The number of ether oxygens (including phenoxy) is 4. The molecule has 0 amide bonds. The van der Waals surface area contributed by atoms with E-state index in [1.54, 1.807) is 13.8 Å². The van der Waals surface area contributed by atoms with Gasteiger partial charge in [-0.2, -0.15) is 0 Å². The van der Waals surface area contributed by atoms with Crippen LogP contribution in [0.2, 0.25) is 0 Å². The van der Waals surface area contributed by atoms with Gasteiger partial charge < -0.3 is 54.7 Å². The van der Waals surface area contributed by atoms with Crippen LogP contribution in [0, 0.1) is 0 Å². The standard InChI is InChI=1S/C16H29N3O11/c1-5(18-19-17)6(2)27-15-13(26)11(24)14(8(4-21)29-15)30-16-12(25)10(23)9(22)7(3-20)28-16/h5-16,20-26H,3-4H2,1-2H3/t5?,6?,7?,8?,9-,10+,11?,12?,13?,14-,15-,16-/m1/s1. The molecule has 30 heavy (non-hydrogen) atoms. The summed E-state index contributed by atoms with van der Waals surface area (Å²) in [5.41, 5.74) is 8.50. The zero-order chi connectivity index (χ0) is 22.6. The number of rotatable bonds is 8. The minimum absolute atomic E-state index is 0.612. The minimum Gasteiger partial charge on any atom is -0.394 e. The summed E-state index contributed by atoms with van der Waals surface area (Å²) >= 11 is 0. The summed E-state index contributed by atoms with van der Waals surface area (Å²) in [5.74, 6) is 0. The summed E-state index contributed by atoms with van der Waals surface area (Å²) < 4.78 is 21.6. The lowest BCUT2D eigenvalue weighted by Crippen LogP contribution is -2.65. The van der Waals surface area contributed by atoms with E-state index in [-0.39, 0.29) is 0 Å². The second-order valence-electron chi connectivity index (χ2n) is 7.29. The van der Waals surface area contributed by atoms with E-state index in [4.69, 9.17) is 24.5 Å². The fraction of sp³-hybridized carbons (Fsp3) is 1.00. The highest BCUT2D eigenvalue weighted by molar-refractivity contribution is 4.94. The summed E-state index contributed by atoms with van der Waals surface area (Å²) in [5, 5.41) is 73.0. The Morgan fingerprint density at radius 2 is 1.43 bits per heavy atom. The molecule has 2 aliphatic rings. The molecule has 2 rings (SSSR count). The van der Waals surface area contributed by atoms with Gasteiger partial charge in [0.25, 0.3) is 0 Å². The largest absolute Gasteiger partial charge is 0.394 e. The van der Waals surface area contributed by atoms with E-state index in [2.05, 4.69) is 10.0 Å². The van der Waals surface area contributed by atoms with Crippen molar-refractivity contribution in [2.45, 2.75) is 87.4 Å². The van der Waals surface area contributed by atoms with Gasteiger partial charge in [0.1, 0.15) is 48.8 Å². The second kappa shape index (κ2) is 10.9. The molecule has 2 fully saturated rings. The van der Waals surface area contributed by atoms with Crippen LogP contribution in [0.1, 0.15) is 13.8 Å². The van der Waals surface area contributed by atoms with Gasteiger partial charge in [-0.25, -0.2) is 0 Å². The molecule has 7 unspecified atom stereocenters. The van der Waals surface area contributed by atoms with Crippen molar-refractivity contribution in [3.05, 3.63) is 10.4 Å². The Balaban J connectivity index is 2.10. The number of aliphatic hydroxyl groups is 7. The van der Waals surface area contributed by atoms with Crippen LogP contribution in [0.3, 0.4) is 0 Å². The Hall–Kier alpha value is -1.13. The SMILES string of the molecule is CC(N=[N+]=[N-])C(C)O[C@@H]1OC(CO)[C@@H](O[C@H]2OC(CO)[C@@H](O)[C@H](O)C2O)C(O)C1O. The number of hydrogen-bond donors (Lipinski definition) is 7. The van der Waals surface area contributed by atoms with Crippen molar-refractivity contribution in [1.82, 2.24) is 0 Å². The molecule has 0 aromatic heterocycles. The molecule has 2 heterocycles. The predicted octanol–water partition coefficient (Wildman–Crippen LogP) is -3.29. The summed E-state index contributed by atoms with van der Waals surface area (Å²) in [6.45, 7) is 1.78. The maximum Gasteiger partial charge on any atom is 0.187 e. The van der Waals surface area contributed by atoms with E-state index in [0.717, 1.165) is 0 Å². The van der Waals surface area contributed by atoms with Crippen molar-refractivity contribution in [1.29, 1.82) is 0 Å². The summed E-state index contributed by atoms with van der Waals surface area (Å²) in [4.78, 5) is 2.66. The van der Waals surface area contributed by atoms with Gasteiger partial charge in [-0.15, -0.1) is 0 Å². The highest BCUT2D eigenvalue weighted by Crippen LogP contribution is 2.30. The lowest BCUT2D eigenvalue weighted by molar-refractivity contribution is -0.362. The third-order valence-corrected chi connectivity index (χ3v) is 5.22. The summed E-state index contributed by atoms with van der Waals surface area (Å²) in [7, 11) is 0. The minimum atomic E-state index is -1.75. The second-order valence-corrected chi connectivity index (χ2v) is 7.29. The molecule has 0 aromatic carbocycles. The van der Waals surface area contributed by atoms with Crippen LogP contribution in [0.4, 0.5) is 0 Å². The monoisotopic (exact) mass is 439 g/mol. The highest BCUT2D eigenvalue weighted by Gasteiger charge is 2.51. The molecule has 0 bridgehead atoms. The first-order valence-corrected chi connectivity index (χ1v) is 9.44. The summed E-state index contributed by atoms with van der Waals surface area (Å²) in [6, 6.07) is -0.612. The van der Waals surface area contributed by atoms with Crippen LogP contribution in [0.5, 0.6) is 0 Å². The van der Waals surface area contributed by atoms with Gasteiger partial charge in [0.2, 0.25) is 0 Å². The molecule has 14 heteroatoms. The average molecular weight is 439 g/mol. The first-order valence-electron chi connectivity index (χ1n) is 9.44. The van der Waals surface area contributed by atoms with Crippen LogP contribution >= 0.6 is 0 Å². The van der Waals surface area contributed by atoms with Crippen molar-refractivity contribution in [3.8, 4) is 0 Å². The molecular weight excluding hydrogens is 410 g/mol. The lowest BCUT2D eigenvalue weighted by Gasteiger charge is -2.46. The maximum absolute atomic E-state index is 10.5. The Kier molecular flexibility index (Phi) is 9.17. The van der Waals surface area contributed by atoms with Gasteiger partial charge in [0.15, 0.2) is 12.6 Å². The van der Waals surface area contributed by atoms with E-state index in [1.807, 2.05) is 0 Å². The van der Waals surface area contributed by atoms with Crippen molar-refractivity contribution in [2.24, 2.45) is 5.11 Å². The van der Waals surface area contributed by atoms with Crippen LogP contribution in [0.15, 0.2) is 5.11 Å². The fourth-order valence-electron chi connectivity index (χ4n) is 3.17. The van der Waals surface area contributed by atoms with E-state index < -0.39 is 86.8 Å². The fourth-order valence-corrected chi connectivity index (χ4v) is 3.17. The molecule has 0 aromatic rings. The third-order valence-electron chi connectivity index (χ3n) is 5.22. The predicted molar refractivity (Wildman–Crippen MR) is 95.6 cm³/mol. The molecule has 0 spiro atoms. The Bertz CT molecular complexity index is 591. The molecule has 7 N–H and O–H groups in total. The normalized spacial score (nSPS) is 44.2. The molecule has 0 saturated carbocycles. The van der Waals surface area contributed by atoms with Crippen LogP contribution in [-0.2, 0) is 18.9 Å². The lowest BCUT2D eigenvalue weighted by atomic mass is 9.97. The molecule has 12 atom stereocenters. The molecule has 0 aliphatic carbocycles. The zero-order valence-electron chi connectivity index (χ0n) is 16.4. The van der Waals surface area contributed by atoms with Gasteiger partial charge in [-0.05, 0) is 12.5 Å². The van der Waals surface area contributed by atoms with Crippen LogP contribution in [0.25, 0.3) is 10.4 Å². The van der Waals surface area contributed by atoms with Gasteiger partial charge in [0, 0.05) is 4.91 Å². The molecule has 2 saturated heterocycles. The van der Waals surface area contributed by atoms with Crippen molar-refractivity contribution in [3.63, 3.8) is 0 Å². The van der Waals surface area contributed by atoms with Crippen molar-refractivity contribution < 1.29 is 54.7 Å². The van der Waals surface area contributed by atoms with Crippen LogP contribution < -0.4 is 0 Å². The number of hydrogen-bond acceptors (Lipinski definition) is 12. The first kappa shape index (κ1) is 25.1. The van der Waals surface area contributed by atoms with Crippen molar-refractivity contribution >= 4 is 0 Å². The average Bonchev–Trinajstić information content (AvgIpc) is 2.73. The zero-order valence-corrected chi connectivity index (χ0v) is 16.4. The first-order chi connectivity index (χ1) is 14.2. The van der Waals surface area contributed by atoms with Crippen LogP contribution in [-0.4, -0.2) is 123 Å². The molecule has 0 radical (unpaired) electrons. The molecular formula is C16H29N3O11. The van der Waals surface area contributed by atoms with E-state index in [1.165, 1.54) is 0 Å². The summed E-state index contributed by atoms with van der Waals surface area (Å²) in [6.07, 6.45) is -16.0. The van der Waals surface area contributed by atoms with Gasteiger partial charge in [-0.3, -0.25) is 0 Å². The number of nitrogens with zero attached hydrogens (tertiary/aromatic N) is 3.